The summed E-state index contributed by atoms with van der Waals surface area (Å²) in [6, 6.07) is 8.67. The smallest absolute Gasteiger partial charge is 0.359 e. The number of aromatic nitrogens is 4. The Kier molecular flexibility index (Phi) is 3.39. The van der Waals surface area contributed by atoms with E-state index in [1.807, 2.05) is 30.5 Å². The molecule has 8 heteroatoms. The first-order chi connectivity index (χ1) is 11.6. The van der Waals surface area contributed by atoms with Crippen molar-refractivity contribution in [3.8, 4) is 0 Å². The maximum atomic E-state index is 12.2. The van der Waals surface area contributed by atoms with Crippen LogP contribution in [0.1, 0.15) is 21.9 Å². The van der Waals surface area contributed by atoms with Crippen molar-refractivity contribution in [3.05, 3.63) is 63.1 Å². The summed E-state index contributed by atoms with van der Waals surface area (Å²) in [4.78, 5) is 29.3. The van der Waals surface area contributed by atoms with Crippen molar-refractivity contribution < 1.29 is 9.53 Å². The molecule has 120 valence electrons. The minimum atomic E-state index is -0.559. The minimum absolute atomic E-state index is 0.0806. The summed E-state index contributed by atoms with van der Waals surface area (Å²) in [5, 5.41) is 9.33. The normalized spacial score (nSPS) is 11.2. The van der Waals surface area contributed by atoms with Crippen molar-refractivity contribution >= 4 is 33.2 Å². The lowest BCUT2D eigenvalue weighted by Crippen LogP contribution is -2.16. The van der Waals surface area contributed by atoms with E-state index >= 15 is 0 Å². The van der Waals surface area contributed by atoms with Gasteiger partial charge in [-0.15, -0.1) is 11.3 Å². The third-order valence-corrected chi connectivity index (χ3v) is 4.59. The standard InChI is InChI=1S/C16H12N4O3S/c1-9-8-24-16-17-10(6-13(21)20(9)16)7-23-15(22)14-11-4-2-3-5-12(11)18-19-14/h2-6,8H,7H2,1H3,(H,18,19). The molecule has 0 aliphatic carbocycles. The third kappa shape index (κ3) is 2.37. The van der Waals surface area contributed by atoms with Gasteiger partial charge in [-0.05, 0) is 13.0 Å². The molecule has 0 bridgehead atoms. The highest BCUT2D eigenvalue weighted by molar-refractivity contribution is 7.15. The van der Waals surface area contributed by atoms with Gasteiger partial charge in [0.05, 0.1) is 11.2 Å². The predicted molar refractivity (Wildman–Crippen MR) is 89.3 cm³/mol. The Bertz CT molecular complexity index is 1130. The van der Waals surface area contributed by atoms with E-state index in [0.717, 1.165) is 11.2 Å². The van der Waals surface area contributed by atoms with Crippen molar-refractivity contribution in [2.45, 2.75) is 13.5 Å². The number of carbonyl (C=O) groups excluding carboxylic acids is 1. The lowest BCUT2D eigenvalue weighted by molar-refractivity contribution is 0.0463. The lowest BCUT2D eigenvalue weighted by Gasteiger charge is -2.03. The number of hydrogen-bond donors (Lipinski definition) is 1. The number of nitrogens with one attached hydrogen (secondary N) is 1. The molecule has 0 saturated carbocycles. The molecule has 0 amide bonds. The van der Waals surface area contributed by atoms with Crippen molar-refractivity contribution in [1.82, 2.24) is 19.6 Å². The fourth-order valence-electron chi connectivity index (χ4n) is 2.50. The number of thiazole rings is 1. The number of carbonyl (C=O) groups is 1. The van der Waals surface area contributed by atoms with Gasteiger partial charge >= 0.3 is 5.97 Å². The van der Waals surface area contributed by atoms with E-state index in [1.165, 1.54) is 21.8 Å². The van der Waals surface area contributed by atoms with Crippen LogP contribution in [0.15, 0.2) is 40.5 Å². The molecule has 3 aromatic heterocycles. The second kappa shape index (κ2) is 5.57. The number of benzene rings is 1. The lowest BCUT2D eigenvalue weighted by atomic mass is 10.2. The van der Waals surface area contributed by atoms with E-state index in [1.54, 1.807) is 6.07 Å². The first-order valence-corrected chi connectivity index (χ1v) is 8.08. The second-order valence-electron chi connectivity index (χ2n) is 5.27. The van der Waals surface area contributed by atoms with Crippen LogP contribution in [0.3, 0.4) is 0 Å². The summed E-state index contributed by atoms with van der Waals surface area (Å²) < 4.78 is 6.79. The molecule has 0 saturated heterocycles. The molecule has 1 N–H and O–H groups in total. The number of nitrogens with zero attached hydrogens (tertiary/aromatic N) is 3. The highest BCUT2D eigenvalue weighted by atomic mass is 32.1. The summed E-state index contributed by atoms with van der Waals surface area (Å²) in [5.41, 5.74) is 2.04. The van der Waals surface area contributed by atoms with E-state index in [2.05, 4.69) is 15.2 Å². The van der Waals surface area contributed by atoms with Crippen LogP contribution in [-0.2, 0) is 11.3 Å². The van der Waals surface area contributed by atoms with Gasteiger partial charge in [0, 0.05) is 22.5 Å². The van der Waals surface area contributed by atoms with E-state index in [0.29, 0.717) is 16.0 Å². The molecule has 0 spiro atoms. The number of rotatable bonds is 3. The zero-order chi connectivity index (χ0) is 16.7. The number of para-hydroxylation sites is 1. The fraction of sp³-hybridized carbons (Fsp3) is 0.125. The molecule has 1 aromatic carbocycles. The maximum Gasteiger partial charge on any atom is 0.359 e. The first-order valence-electron chi connectivity index (χ1n) is 7.20. The summed E-state index contributed by atoms with van der Waals surface area (Å²) in [6.45, 7) is 1.76. The van der Waals surface area contributed by atoms with Crippen LogP contribution in [0, 0.1) is 6.92 Å². The highest BCUT2D eigenvalue weighted by Crippen LogP contribution is 2.17. The number of aromatic amines is 1. The zero-order valence-corrected chi connectivity index (χ0v) is 13.5. The fourth-order valence-corrected chi connectivity index (χ4v) is 3.39. The molecular formula is C16H12N4O3S. The summed E-state index contributed by atoms with van der Waals surface area (Å²) in [6.07, 6.45) is 0. The van der Waals surface area contributed by atoms with E-state index in [9.17, 15) is 9.59 Å². The quantitative estimate of drug-likeness (QED) is 0.578. The van der Waals surface area contributed by atoms with Gasteiger partial charge in [-0.3, -0.25) is 14.3 Å². The third-order valence-electron chi connectivity index (χ3n) is 3.64. The van der Waals surface area contributed by atoms with Gasteiger partial charge in [-0.2, -0.15) is 5.10 Å². The van der Waals surface area contributed by atoms with E-state index < -0.39 is 5.97 Å². The van der Waals surface area contributed by atoms with Crippen molar-refractivity contribution in [3.63, 3.8) is 0 Å². The molecular weight excluding hydrogens is 328 g/mol. The molecule has 7 nitrogen and oxygen atoms in total. The predicted octanol–water partition coefficient (Wildman–Crippen LogP) is 2.30. The first kappa shape index (κ1) is 14.6. The van der Waals surface area contributed by atoms with Gasteiger partial charge < -0.3 is 4.74 Å². The zero-order valence-electron chi connectivity index (χ0n) is 12.6. The van der Waals surface area contributed by atoms with Gasteiger partial charge in [-0.25, -0.2) is 9.78 Å². The van der Waals surface area contributed by atoms with Gasteiger partial charge in [0.2, 0.25) is 0 Å². The van der Waals surface area contributed by atoms with Gasteiger partial charge in [0.15, 0.2) is 10.7 Å². The minimum Gasteiger partial charge on any atom is -0.454 e. The number of aryl methyl sites for hydroxylation is 1. The van der Waals surface area contributed by atoms with Gasteiger partial charge in [0.1, 0.15) is 6.61 Å². The molecule has 0 aliphatic rings. The number of fused-ring (bicyclic) bond motifs is 2. The summed E-state index contributed by atoms with van der Waals surface area (Å²) in [7, 11) is 0. The van der Waals surface area contributed by atoms with Crippen LogP contribution < -0.4 is 5.56 Å². The van der Waals surface area contributed by atoms with Crippen molar-refractivity contribution in [1.29, 1.82) is 0 Å². The highest BCUT2D eigenvalue weighted by Gasteiger charge is 2.16. The Morgan fingerprint density at radius 2 is 2.21 bits per heavy atom. The number of hydrogen-bond acceptors (Lipinski definition) is 6. The Balaban J connectivity index is 1.58. The number of H-pyrrole nitrogens is 1. The van der Waals surface area contributed by atoms with E-state index in [4.69, 9.17) is 4.74 Å². The Hall–Kier alpha value is -3.00. The van der Waals surface area contributed by atoms with Crippen LogP contribution in [0.4, 0.5) is 0 Å². The van der Waals surface area contributed by atoms with Crippen LogP contribution in [0.5, 0.6) is 0 Å². The number of ether oxygens (including phenoxy) is 1. The molecule has 0 unspecified atom stereocenters. The second-order valence-corrected chi connectivity index (χ2v) is 6.11. The Labute approximate surface area is 139 Å². The Morgan fingerprint density at radius 1 is 1.38 bits per heavy atom. The molecule has 0 radical (unpaired) electrons. The topological polar surface area (TPSA) is 89.3 Å². The SMILES string of the molecule is Cc1csc2nc(COC(=O)c3n[nH]c4ccccc34)cc(=O)n12. The molecule has 0 fully saturated rings. The molecule has 3 heterocycles. The van der Waals surface area contributed by atoms with Crippen LogP contribution in [-0.4, -0.2) is 25.6 Å². The Morgan fingerprint density at radius 3 is 3.08 bits per heavy atom. The summed E-state index contributed by atoms with van der Waals surface area (Å²) >= 11 is 1.37. The monoisotopic (exact) mass is 340 g/mol. The van der Waals surface area contributed by atoms with Crippen LogP contribution >= 0.6 is 11.3 Å². The summed E-state index contributed by atoms with van der Waals surface area (Å²) in [5.74, 6) is -0.559. The van der Waals surface area contributed by atoms with Crippen LogP contribution in [0.2, 0.25) is 0 Å². The molecule has 4 aromatic rings. The van der Waals surface area contributed by atoms with Gasteiger partial charge in [-0.1, -0.05) is 18.2 Å². The van der Waals surface area contributed by atoms with Crippen molar-refractivity contribution in [2.24, 2.45) is 0 Å². The van der Waals surface area contributed by atoms with E-state index in [-0.39, 0.29) is 17.9 Å². The molecule has 4 rings (SSSR count). The molecule has 0 atom stereocenters. The average molecular weight is 340 g/mol. The number of esters is 1. The van der Waals surface area contributed by atoms with Crippen molar-refractivity contribution in [2.75, 3.05) is 0 Å². The van der Waals surface area contributed by atoms with Gasteiger partial charge in [0.25, 0.3) is 5.56 Å². The largest absolute Gasteiger partial charge is 0.454 e. The maximum absolute atomic E-state index is 12.2. The average Bonchev–Trinajstić information content (AvgIpc) is 3.17. The van der Waals surface area contributed by atoms with Crippen LogP contribution in [0.25, 0.3) is 15.9 Å². The molecule has 24 heavy (non-hydrogen) atoms. The molecule has 0 aliphatic heterocycles.